The molecule has 0 bridgehead atoms. The molecule has 1 atom stereocenters. The van der Waals surface area contributed by atoms with Gasteiger partial charge in [-0.25, -0.2) is 0 Å². The number of hydrogen-bond acceptors (Lipinski definition) is 4. The van der Waals surface area contributed by atoms with Crippen molar-refractivity contribution in [2.75, 3.05) is 13.7 Å². The van der Waals surface area contributed by atoms with Crippen LogP contribution in [0.1, 0.15) is 37.6 Å². The van der Waals surface area contributed by atoms with E-state index in [-0.39, 0.29) is 11.9 Å². The second-order valence-corrected chi connectivity index (χ2v) is 6.79. The van der Waals surface area contributed by atoms with Gasteiger partial charge in [-0.3, -0.25) is 4.79 Å². The maximum atomic E-state index is 12.3. The lowest BCUT2D eigenvalue weighted by Crippen LogP contribution is -2.26. The van der Waals surface area contributed by atoms with Crippen LogP contribution in [0.5, 0.6) is 11.5 Å². The molecule has 29 heavy (non-hydrogen) atoms. The predicted octanol–water partition coefficient (Wildman–Crippen LogP) is 5.16. The standard InChI is InChI=1S/C24H27NO4/c1-4-28-21-11-5-18(6-12-21)17(2)25-24(26)16-14-22-13-15-23(29-22)19-7-9-20(27-3)10-8-19/h5-13,15,17H,4,14,16H2,1-3H3,(H,25,26). The monoisotopic (exact) mass is 393 g/mol. The molecule has 5 heteroatoms. The van der Waals surface area contributed by atoms with Gasteiger partial charge in [-0.1, -0.05) is 12.1 Å². The quantitative estimate of drug-likeness (QED) is 0.545. The summed E-state index contributed by atoms with van der Waals surface area (Å²) in [5, 5.41) is 3.03. The highest BCUT2D eigenvalue weighted by molar-refractivity contribution is 5.76. The molecule has 0 saturated carbocycles. The van der Waals surface area contributed by atoms with Crippen molar-refractivity contribution in [2.45, 2.75) is 32.7 Å². The molecule has 0 aliphatic heterocycles. The molecule has 1 aromatic heterocycles. The first-order chi connectivity index (χ1) is 14.1. The van der Waals surface area contributed by atoms with Gasteiger partial charge >= 0.3 is 0 Å². The van der Waals surface area contributed by atoms with Gasteiger partial charge in [0.2, 0.25) is 5.91 Å². The molecule has 0 fully saturated rings. The van der Waals surface area contributed by atoms with E-state index in [0.29, 0.717) is 19.4 Å². The van der Waals surface area contributed by atoms with Gasteiger partial charge in [0.25, 0.3) is 0 Å². The van der Waals surface area contributed by atoms with Gasteiger partial charge in [0.05, 0.1) is 19.8 Å². The Bertz CT molecular complexity index is 913. The fraction of sp³-hybridized carbons (Fsp3) is 0.292. The minimum absolute atomic E-state index is 0.00576. The molecule has 152 valence electrons. The van der Waals surface area contributed by atoms with Crippen LogP contribution in [0.3, 0.4) is 0 Å². The lowest BCUT2D eigenvalue weighted by atomic mass is 10.1. The van der Waals surface area contributed by atoms with Gasteiger partial charge in [-0.2, -0.15) is 0 Å². The van der Waals surface area contributed by atoms with E-state index in [4.69, 9.17) is 13.9 Å². The van der Waals surface area contributed by atoms with Crippen molar-refractivity contribution in [3.05, 3.63) is 72.0 Å². The third kappa shape index (κ3) is 5.64. The average Bonchev–Trinajstić information content (AvgIpc) is 3.22. The Labute approximate surface area is 171 Å². The molecule has 1 heterocycles. The molecule has 0 radical (unpaired) electrons. The number of ether oxygens (including phenoxy) is 2. The summed E-state index contributed by atoms with van der Waals surface area (Å²) >= 11 is 0. The van der Waals surface area contributed by atoms with E-state index in [0.717, 1.165) is 34.1 Å². The molecule has 2 aromatic carbocycles. The van der Waals surface area contributed by atoms with Crippen LogP contribution in [0, 0.1) is 0 Å². The highest BCUT2D eigenvalue weighted by atomic mass is 16.5. The van der Waals surface area contributed by atoms with Gasteiger partial charge in [-0.05, 0) is 67.9 Å². The Balaban J connectivity index is 1.50. The zero-order chi connectivity index (χ0) is 20.6. The van der Waals surface area contributed by atoms with E-state index < -0.39 is 0 Å². The first-order valence-corrected chi connectivity index (χ1v) is 9.84. The first-order valence-electron chi connectivity index (χ1n) is 9.84. The van der Waals surface area contributed by atoms with E-state index in [1.165, 1.54) is 0 Å². The van der Waals surface area contributed by atoms with Crippen LogP contribution < -0.4 is 14.8 Å². The summed E-state index contributed by atoms with van der Waals surface area (Å²) in [5.74, 6) is 3.21. The second kappa shape index (κ2) is 9.82. The van der Waals surface area contributed by atoms with Crippen LogP contribution in [-0.2, 0) is 11.2 Å². The largest absolute Gasteiger partial charge is 0.497 e. The number of carbonyl (C=O) groups excluding carboxylic acids is 1. The fourth-order valence-corrected chi connectivity index (χ4v) is 3.08. The highest BCUT2D eigenvalue weighted by Gasteiger charge is 2.12. The van der Waals surface area contributed by atoms with Crippen LogP contribution in [-0.4, -0.2) is 19.6 Å². The van der Waals surface area contributed by atoms with E-state index in [1.54, 1.807) is 7.11 Å². The van der Waals surface area contributed by atoms with Crippen LogP contribution >= 0.6 is 0 Å². The zero-order valence-corrected chi connectivity index (χ0v) is 17.1. The third-order valence-corrected chi connectivity index (χ3v) is 4.70. The van der Waals surface area contributed by atoms with Crippen molar-refractivity contribution in [3.8, 4) is 22.8 Å². The molecular formula is C24H27NO4. The van der Waals surface area contributed by atoms with Crippen molar-refractivity contribution in [1.82, 2.24) is 5.32 Å². The number of nitrogens with one attached hydrogen (secondary N) is 1. The van der Waals surface area contributed by atoms with Crippen molar-refractivity contribution >= 4 is 5.91 Å². The second-order valence-electron chi connectivity index (χ2n) is 6.79. The van der Waals surface area contributed by atoms with Crippen LogP contribution in [0.2, 0.25) is 0 Å². The molecule has 0 aliphatic carbocycles. The average molecular weight is 393 g/mol. The maximum Gasteiger partial charge on any atom is 0.220 e. The number of hydrogen-bond donors (Lipinski definition) is 1. The minimum Gasteiger partial charge on any atom is -0.497 e. The smallest absolute Gasteiger partial charge is 0.220 e. The summed E-state index contributed by atoms with van der Waals surface area (Å²) in [6.45, 7) is 4.57. The van der Waals surface area contributed by atoms with E-state index >= 15 is 0 Å². The lowest BCUT2D eigenvalue weighted by Gasteiger charge is -2.14. The number of carbonyl (C=O) groups is 1. The number of aryl methyl sites for hydroxylation is 1. The molecule has 3 rings (SSSR count). The normalized spacial score (nSPS) is 11.7. The fourth-order valence-electron chi connectivity index (χ4n) is 3.08. The summed E-state index contributed by atoms with van der Waals surface area (Å²) in [4.78, 5) is 12.3. The SMILES string of the molecule is CCOc1ccc(C(C)NC(=O)CCc2ccc(-c3ccc(OC)cc3)o2)cc1. The zero-order valence-electron chi connectivity index (χ0n) is 17.1. The molecular weight excluding hydrogens is 366 g/mol. The van der Waals surface area contributed by atoms with E-state index in [9.17, 15) is 4.79 Å². The molecule has 3 aromatic rings. The molecule has 0 aliphatic rings. The number of benzene rings is 2. The van der Waals surface area contributed by atoms with E-state index in [2.05, 4.69) is 5.32 Å². The Morgan fingerprint density at radius 3 is 2.34 bits per heavy atom. The molecule has 1 N–H and O–H groups in total. The van der Waals surface area contributed by atoms with Gasteiger partial charge in [0.1, 0.15) is 23.0 Å². The first kappa shape index (κ1) is 20.5. The summed E-state index contributed by atoms with van der Waals surface area (Å²) in [7, 11) is 1.64. The van der Waals surface area contributed by atoms with Crippen molar-refractivity contribution in [1.29, 1.82) is 0 Å². The Morgan fingerprint density at radius 2 is 1.69 bits per heavy atom. The molecule has 5 nitrogen and oxygen atoms in total. The molecule has 1 unspecified atom stereocenters. The summed E-state index contributed by atoms with van der Waals surface area (Å²) in [6, 6.07) is 19.3. The Morgan fingerprint density at radius 1 is 1.00 bits per heavy atom. The van der Waals surface area contributed by atoms with Crippen molar-refractivity contribution < 1.29 is 18.7 Å². The number of methoxy groups -OCH3 is 1. The van der Waals surface area contributed by atoms with Gasteiger partial charge in [-0.15, -0.1) is 0 Å². The van der Waals surface area contributed by atoms with E-state index in [1.807, 2.05) is 74.5 Å². The minimum atomic E-state index is -0.0652. The molecule has 1 amide bonds. The maximum absolute atomic E-state index is 12.3. The van der Waals surface area contributed by atoms with Crippen molar-refractivity contribution in [3.63, 3.8) is 0 Å². The van der Waals surface area contributed by atoms with Crippen molar-refractivity contribution in [2.24, 2.45) is 0 Å². The topological polar surface area (TPSA) is 60.7 Å². The summed E-state index contributed by atoms with van der Waals surface area (Å²) in [5.41, 5.74) is 2.02. The van der Waals surface area contributed by atoms with Crippen LogP contribution in [0.15, 0.2) is 65.1 Å². The van der Waals surface area contributed by atoms with Gasteiger partial charge < -0.3 is 19.2 Å². The summed E-state index contributed by atoms with van der Waals surface area (Å²) in [6.07, 6.45) is 0.926. The number of amides is 1. The number of rotatable bonds is 9. The van der Waals surface area contributed by atoms with Crippen LogP contribution in [0.25, 0.3) is 11.3 Å². The molecule has 0 spiro atoms. The Kier molecular flexibility index (Phi) is 6.95. The lowest BCUT2D eigenvalue weighted by molar-refractivity contribution is -0.121. The third-order valence-electron chi connectivity index (χ3n) is 4.70. The predicted molar refractivity (Wildman–Crippen MR) is 113 cm³/mol. The van der Waals surface area contributed by atoms with Gasteiger partial charge in [0.15, 0.2) is 0 Å². The summed E-state index contributed by atoms with van der Waals surface area (Å²) < 4.78 is 16.5. The Hall–Kier alpha value is -3.21. The highest BCUT2D eigenvalue weighted by Crippen LogP contribution is 2.25. The molecule has 0 saturated heterocycles. The van der Waals surface area contributed by atoms with Gasteiger partial charge in [0, 0.05) is 18.4 Å². The van der Waals surface area contributed by atoms with Crippen LogP contribution in [0.4, 0.5) is 0 Å². The number of furan rings is 1.